The monoisotopic (exact) mass is 335 g/mol. The van der Waals surface area contributed by atoms with Crippen LogP contribution >= 0.6 is 0 Å². The molecule has 0 aromatic heterocycles. The zero-order valence-corrected chi connectivity index (χ0v) is 15.4. The highest BCUT2D eigenvalue weighted by Gasteiger charge is 2.41. The van der Waals surface area contributed by atoms with Crippen LogP contribution in [-0.4, -0.2) is 5.91 Å². The van der Waals surface area contributed by atoms with E-state index in [-0.39, 0.29) is 11.3 Å². The molecule has 1 N–H and O–H groups in total. The topological polar surface area (TPSA) is 29.1 Å². The van der Waals surface area contributed by atoms with Gasteiger partial charge in [-0.25, -0.2) is 0 Å². The Hall–Kier alpha value is -2.09. The molecular weight excluding hydrogens is 306 g/mol. The fraction of sp³-hybridized carbons (Fsp3) is 0.435. The first-order valence-corrected chi connectivity index (χ1v) is 9.54. The quantitative estimate of drug-likeness (QED) is 0.759. The Balaban J connectivity index is 1.70. The number of hydrogen-bond acceptors (Lipinski definition) is 1. The van der Waals surface area contributed by atoms with Crippen LogP contribution in [0, 0.1) is 11.3 Å². The number of carbonyl (C=O) groups excluding carboxylic acids is 1. The average Bonchev–Trinajstić information content (AvgIpc) is 2.67. The van der Waals surface area contributed by atoms with Crippen LogP contribution in [0.15, 0.2) is 54.6 Å². The van der Waals surface area contributed by atoms with Crippen molar-refractivity contribution < 1.29 is 4.79 Å². The number of benzene rings is 2. The van der Waals surface area contributed by atoms with E-state index in [1.165, 1.54) is 30.4 Å². The van der Waals surface area contributed by atoms with E-state index in [1.54, 1.807) is 0 Å². The van der Waals surface area contributed by atoms with Crippen molar-refractivity contribution in [1.82, 2.24) is 5.32 Å². The average molecular weight is 335 g/mol. The van der Waals surface area contributed by atoms with Crippen LogP contribution in [0.1, 0.15) is 51.5 Å². The van der Waals surface area contributed by atoms with Crippen LogP contribution in [0.4, 0.5) is 0 Å². The van der Waals surface area contributed by atoms with Gasteiger partial charge in [-0.05, 0) is 41.5 Å². The molecule has 1 aliphatic rings. The van der Waals surface area contributed by atoms with Crippen LogP contribution in [0.25, 0.3) is 11.1 Å². The van der Waals surface area contributed by atoms with Gasteiger partial charge in [0.2, 0.25) is 5.91 Å². The number of carbonyl (C=O) groups is 1. The van der Waals surface area contributed by atoms with Crippen molar-refractivity contribution in [3.8, 4) is 11.1 Å². The summed E-state index contributed by atoms with van der Waals surface area (Å²) < 4.78 is 0. The molecular formula is C23H29NO. The van der Waals surface area contributed by atoms with Gasteiger partial charge in [-0.15, -0.1) is 0 Å². The molecule has 1 fully saturated rings. The van der Waals surface area contributed by atoms with Crippen LogP contribution in [-0.2, 0) is 11.3 Å². The lowest BCUT2D eigenvalue weighted by molar-refractivity contribution is -0.136. The Morgan fingerprint density at radius 2 is 1.64 bits per heavy atom. The molecule has 2 aromatic rings. The van der Waals surface area contributed by atoms with E-state index in [0.717, 1.165) is 18.4 Å². The summed E-state index contributed by atoms with van der Waals surface area (Å²) in [6.07, 6.45) is 5.67. The van der Waals surface area contributed by atoms with Gasteiger partial charge in [-0.1, -0.05) is 81.6 Å². The second-order valence-corrected chi connectivity index (χ2v) is 7.62. The summed E-state index contributed by atoms with van der Waals surface area (Å²) in [4.78, 5) is 13.0. The van der Waals surface area contributed by atoms with Crippen molar-refractivity contribution in [2.75, 3.05) is 0 Å². The Kier molecular flexibility index (Phi) is 5.57. The Labute approximate surface area is 151 Å². The van der Waals surface area contributed by atoms with Crippen molar-refractivity contribution in [1.29, 1.82) is 0 Å². The predicted octanol–water partition coefficient (Wildman–Crippen LogP) is 5.58. The van der Waals surface area contributed by atoms with E-state index in [0.29, 0.717) is 12.5 Å². The Morgan fingerprint density at radius 3 is 2.32 bits per heavy atom. The summed E-state index contributed by atoms with van der Waals surface area (Å²) in [6, 6.07) is 18.8. The molecule has 2 heteroatoms. The fourth-order valence-corrected chi connectivity index (χ4v) is 4.10. The van der Waals surface area contributed by atoms with Crippen LogP contribution in [0.3, 0.4) is 0 Å². The highest BCUT2D eigenvalue weighted by Crippen LogP contribution is 2.42. The van der Waals surface area contributed by atoms with E-state index < -0.39 is 0 Å². The van der Waals surface area contributed by atoms with Gasteiger partial charge < -0.3 is 5.32 Å². The van der Waals surface area contributed by atoms with Gasteiger partial charge in [0, 0.05) is 6.54 Å². The lowest BCUT2D eigenvalue weighted by atomic mass is 9.66. The zero-order valence-electron chi connectivity index (χ0n) is 15.4. The summed E-state index contributed by atoms with van der Waals surface area (Å²) in [6.45, 7) is 5.00. The number of hydrogen-bond donors (Lipinski definition) is 1. The molecule has 0 saturated heterocycles. The van der Waals surface area contributed by atoms with Gasteiger partial charge in [0.05, 0.1) is 5.41 Å². The van der Waals surface area contributed by atoms with E-state index in [9.17, 15) is 4.79 Å². The molecule has 0 unspecified atom stereocenters. The van der Waals surface area contributed by atoms with Crippen molar-refractivity contribution in [2.24, 2.45) is 11.3 Å². The molecule has 1 amide bonds. The summed E-state index contributed by atoms with van der Waals surface area (Å²) in [7, 11) is 0. The van der Waals surface area contributed by atoms with Crippen LogP contribution in [0.5, 0.6) is 0 Å². The number of rotatable bonds is 5. The van der Waals surface area contributed by atoms with Crippen molar-refractivity contribution >= 4 is 5.91 Å². The molecule has 0 atom stereocenters. The molecule has 2 nitrogen and oxygen atoms in total. The third-order valence-corrected chi connectivity index (χ3v) is 5.79. The highest BCUT2D eigenvalue weighted by molar-refractivity contribution is 5.83. The van der Waals surface area contributed by atoms with Gasteiger partial charge in [-0.3, -0.25) is 4.79 Å². The summed E-state index contributed by atoms with van der Waals surface area (Å²) in [5.41, 5.74) is 3.39. The Morgan fingerprint density at radius 1 is 0.960 bits per heavy atom. The molecule has 1 saturated carbocycles. The molecule has 0 radical (unpaired) electrons. The SMILES string of the molecule is CC(C)C1(C(=O)NCc2cccc(-c3ccccc3)c2)CCCCC1. The third-order valence-electron chi connectivity index (χ3n) is 5.79. The van der Waals surface area contributed by atoms with Crippen LogP contribution < -0.4 is 5.32 Å². The maximum Gasteiger partial charge on any atom is 0.226 e. The lowest BCUT2D eigenvalue weighted by Crippen LogP contribution is -2.45. The summed E-state index contributed by atoms with van der Waals surface area (Å²) >= 11 is 0. The molecule has 0 aliphatic heterocycles. The van der Waals surface area contributed by atoms with Gasteiger partial charge in [0.1, 0.15) is 0 Å². The zero-order chi connectivity index (χ0) is 17.7. The summed E-state index contributed by atoms with van der Waals surface area (Å²) in [5.74, 6) is 0.635. The Bertz CT molecular complexity index is 699. The lowest BCUT2D eigenvalue weighted by Gasteiger charge is -2.39. The van der Waals surface area contributed by atoms with E-state index in [1.807, 2.05) is 6.07 Å². The number of amides is 1. The predicted molar refractivity (Wildman–Crippen MR) is 104 cm³/mol. The minimum absolute atomic E-state index is 0.171. The maximum atomic E-state index is 13.0. The standard InChI is InChI=1S/C23H29NO/c1-18(2)23(14-7-4-8-15-23)22(25)24-17-19-10-9-13-21(16-19)20-11-5-3-6-12-20/h3,5-6,9-13,16,18H,4,7-8,14-15,17H2,1-2H3,(H,24,25). The van der Waals surface area contributed by atoms with E-state index >= 15 is 0 Å². The first-order valence-electron chi connectivity index (χ1n) is 9.54. The second kappa shape index (κ2) is 7.86. The normalized spacial score (nSPS) is 16.6. The van der Waals surface area contributed by atoms with Crippen molar-refractivity contribution in [3.05, 3.63) is 60.2 Å². The first kappa shape index (κ1) is 17.7. The molecule has 3 rings (SSSR count). The summed E-state index contributed by atoms with van der Waals surface area (Å²) in [5, 5.41) is 3.23. The van der Waals surface area contributed by atoms with Gasteiger partial charge >= 0.3 is 0 Å². The minimum Gasteiger partial charge on any atom is -0.352 e. The molecule has 25 heavy (non-hydrogen) atoms. The van der Waals surface area contributed by atoms with E-state index in [4.69, 9.17) is 0 Å². The molecule has 0 heterocycles. The second-order valence-electron chi connectivity index (χ2n) is 7.62. The third kappa shape index (κ3) is 3.95. The molecule has 0 spiro atoms. The minimum atomic E-state index is -0.171. The highest BCUT2D eigenvalue weighted by atomic mass is 16.2. The van der Waals surface area contributed by atoms with E-state index in [2.05, 4.69) is 67.7 Å². The smallest absolute Gasteiger partial charge is 0.226 e. The van der Waals surface area contributed by atoms with Crippen molar-refractivity contribution in [2.45, 2.75) is 52.5 Å². The molecule has 0 bridgehead atoms. The molecule has 132 valence electrons. The van der Waals surface area contributed by atoms with Gasteiger partial charge in [-0.2, -0.15) is 0 Å². The van der Waals surface area contributed by atoms with Crippen molar-refractivity contribution in [3.63, 3.8) is 0 Å². The fourth-order valence-electron chi connectivity index (χ4n) is 4.10. The van der Waals surface area contributed by atoms with Gasteiger partial charge in [0.15, 0.2) is 0 Å². The number of nitrogens with one attached hydrogen (secondary N) is 1. The molecule has 1 aliphatic carbocycles. The van der Waals surface area contributed by atoms with Crippen LogP contribution in [0.2, 0.25) is 0 Å². The molecule has 2 aromatic carbocycles. The maximum absolute atomic E-state index is 13.0. The van der Waals surface area contributed by atoms with Gasteiger partial charge in [0.25, 0.3) is 0 Å². The first-order chi connectivity index (χ1) is 12.1. The largest absolute Gasteiger partial charge is 0.352 e.